The molecule has 0 heterocycles. The molecule has 1 aliphatic rings. The number of carbonyl (C=O) groups excluding carboxylic acids is 1. The summed E-state index contributed by atoms with van der Waals surface area (Å²) in [6, 6.07) is 4.32. The standard InChI is InChI=1S/C12H14ClNO4S/c1-7-5-9(7)14-12(15)8-3-4-10(18-2)11(6-8)19(13,16)17/h3-4,6-7,9H,5H2,1-2H3,(H,14,15). The zero-order valence-corrected chi connectivity index (χ0v) is 12.1. The number of methoxy groups -OCH3 is 1. The van der Waals surface area contributed by atoms with E-state index in [0.29, 0.717) is 5.92 Å². The lowest BCUT2D eigenvalue weighted by molar-refractivity contribution is 0.0949. The molecule has 5 nitrogen and oxygen atoms in total. The Labute approximate surface area is 116 Å². The molecule has 1 aliphatic carbocycles. The summed E-state index contributed by atoms with van der Waals surface area (Å²) in [5.41, 5.74) is 0.249. The first kappa shape index (κ1) is 14.1. The van der Waals surface area contributed by atoms with Crippen LogP contribution in [0.2, 0.25) is 0 Å². The normalized spacial score (nSPS) is 21.8. The van der Waals surface area contributed by atoms with Gasteiger partial charge in [0.25, 0.3) is 15.0 Å². The molecule has 0 bridgehead atoms. The first-order valence-electron chi connectivity index (χ1n) is 5.76. The molecule has 1 aromatic carbocycles. The highest BCUT2D eigenvalue weighted by atomic mass is 35.7. The monoisotopic (exact) mass is 303 g/mol. The Morgan fingerprint density at radius 1 is 1.47 bits per heavy atom. The first-order valence-corrected chi connectivity index (χ1v) is 8.07. The van der Waals surface area contributed by atoms with Gasteiger partial charge in [0.05, 0.1) is 7.11 Å². The van der Waals surface area contributed by atoms with Gasteiger partial charge in [-0.25, -0.2) is 8.42 Å². The van der Waals surface area contributed by atoms with Crippen LogP contribution in [0.15, 0.2) is 23.1 Å². The quantitative estimate of drug-likeness (QED) is 0.860. The van der Waals surface area contributed by atoms with Crippen molar-refractivity contribution in [2.75, 3.05) is 7.11 Å². The molecule has 0 spiro atoms. The van der Waals surface area contributed by atoms with Crippen LogP contribution in [0.4, 0.5) is 0 Å². The third-order valence-electron chi connectivity index (χ3n) is 3.11. The molecule has 2 unspecified atom stereocenters. The predicted molar refractivity (Wildman–Crippen MR) is 71.1 cm³/mol. The number of rotatable bonds is 4. The molecule has 0 aliphatic heterocycles. The highest BCUT2D eigenvalue weighted by molar-refractivity contribution is 8.13. The van der Waals surface area contributed by atoms with E-state index >= 15 is 0 Å². The van der Waals surface area contributed by atoms with E-state index < -0.39 is 9.05 Å². The summed E-state index contributed by atoms with van der Waals surface area (Å²) in [4.78, 5) is 11.7. The molecule has 2 rings (SSSR count). The van der Waals surface area contributed by atoms with Gasteiger partial charge in [-0.1, -0.05) is 6.92 Å². The fourth-order valence-corrected chi connectivity index (χ4v) is 2.80. The smallest absolute Gasteiger partial charge is 0.265 e. The van der Waals surface area contributed by atoms with Gasteiger partial charge in [0.2, 0.25) is 0 Å². The third-order valence-corrected chi connectivity index (χ3v) is 4.46. The van der Waals surface area contributed by atoms with Crippen LogP contribution in [0.1, 0.15) is 23.7 Å². The van der Waals surface area contributed by atoms with Crippen LogP contribution in [0.5, 0.6) is 5.75 Å². The van der Waals surface area contributed by atoms with Crippen LogP contribution >= 0.6 is 10.7 Å². The number of carbonyl (C=O) groups is 1. The van der Waals surface area contributed by atoms with Gasteiger partial charge in [0.15, 0.2) is 0 Å². The summed E-state index contributed by atoms with van der Waals surface area (Å²) in [7, 11) is 2.70. The van der Waals surface area contributed by atoms with E-state index in [-0.39, 0.29) is 28.2 Å². The Morgan fingerprint density at radius 2 is 2.11 bits per heavy atom. The van der Waals surface area contributed by atoms with Crippen molar-refractivity contribution in [3.05, 3.63) is 23.8 Å². The molecule has 104 valence electrons. The lowest BCUT2D eigenvalue weighted by Crippen LogP contribution is -2.26. The highest BCUT2D eigenvalue weighted by Gasteiger charge is 2.34. The van der Waals surface area contributed by atoms with Crippen LogP contribution in [-0.2, 0) is 9.05 Å². The SMILES string of the molecule is COc1ccc(C(=O)NC2CC2C)cc1S(=O)(=O)Cl. The van der Waals surface area contributed by atoms with Crippen LogP contribution in [0, 0.1) is 5.92 Å². The molecule has 1 aromatic rings. The van der Waals surface area contributed by atoms with Crippen molar-refractivity contribution in [1.82, 2.24) is 5.32 Å². The Balaban J connectivity index is 2.30. The minimum absolute atomic E-state index is 0.117. The second kappa shape index (κ2) is 5.02. The summed E-state index contributed by atoms with van der Waals surface area (Å²) >= 11 is 0. The zero-order chi connectivity index (χ0) is 14.2. The fourth-order valence-electron chi connectivity index (χ4n) is 1.78. The van der Waals surface area contributed by atoms with E-state index in [9.17, 15) is 13.2 Å². The van der Waals surface area contributed by atoms with Gasteiger partial charge in [-0.05, 0) is 30.5 Å². The Kier molecular flexibility index (Phi) is 3.73. The van der Waals surface area contributed by atoms with Gasteiger partial charge in [-0.3, -0.25) is 4.79 Å². The molecule has 2 atom stereocenters. The number of hydrogen-bond acceptors (Lipinski definition) is 4. The fraction of sp³-hybridized carbons (Fsp3) is 0.417. The molecule has 1 amide bonds. The van der Waals surface area contributed by atoms with E-state index in [4.69, 9.17) is 15.4 Å². The van der Waals surface area contributed by atoms with Crippen molar-refractivity contribution in [1.29, 1.82) is 0 Å². The molecule has 1 saturated carbocycles. The topological polar surface area (TPSA) is 72.5 Å². The van der Waals surface area contributed by atoms with Crippen molar-refractivity contribution in [2.24, 2.45) is 5.92 Å². The minimum Gasteiger partial charge on any atom is -0.495 e. The molecule has 0 aromatic heterocycles. The Hall–Kier alpha value is -1.27. The summed E-state index contributed by atoms with van der Waals surface area (Å²) in [5, 5.41) is 2.82. The van der Waals surface area contributed by atoms with Gasteiger partial charge < -0.3 is 10.1 Å². The average molecular weight is 304 g/mol. The lowest BCUT2D eigenvalue weighted by Gasteiger charge is -2.08. The van der Waals surface area contributed by atoms with Gasteiger partial charge in [0.1, 0.15) is 10.6 Å². The molecular formula is C12H14ClNO4S. The highest BCUT2D eigenvalue weighted by Crippen LogP contribution is 2.30. The zero-order valence-electron chi connectivity index (χ0n) is 10.5. The molecule has 19 heavy (non-hydrogen) atoms. The number of hydrogen-bond donors (Lipinski definition) is 1. The summed E-state index contributed by atoms with van der Waals surface area (Å²) < 4.78 is 27.8. The van der Waals surface area contributed by atoms with Crippen molar-refractivity contribution in [3.63, 3.8) is 0 Å². The van der Waals surface area contributed by atoms with Gasteiger partial charge in [-0.2, -0.15) is 0 Å². The molecular weight excluding hydrogens is 290 g/mol. The van der Waals surface area contributed by atoms with Gasteiger partial charge in [-0.15, -0.1) is 0 Å². The third kappa shape index (κ3) is 3.19. The van der Waals surface area contributed by atoms with E-state index in [2.05, 4.69) is 5.32 Å². The maximum Gasteiger partial charge on any atom is 0.265 e. The van der Waals surface area contributed by atoms with Crippen LogP contribution < -0.4 is 10.1 Å². The van der Waals surface area contributed by atoms with Crippen LogP contribution in [0.25, 0.3) is 0 Å². The number of benzene rings is 1. The molecule has 7 heteroatoms. The summed E-state index contributed by atoms with van der Waals surface area (Å²) in [6.07, 6.45) is 0.947. The van der Waals surface area contributed by atoms with Crippen molar-refractivity contribution >= 4 is 25.6 Å². The second-order valence-electron chi connectivity index (χ2n) is 4.60. The lowest BCUT2D eigenvalue weighted by atomic mass is 10.2. The molecule has 1 fully saturated rings. The van der Waals surface area contributed by atoms with Crippen molar-refractivity contribution < 1.29 is 17.9 Å². The van der Waals surface area contributed by atoms with E-state index in [1.54, 1.807) is 0 Å². The minimum atomic E-state index is -3.96. The largest absolute Gasteiger partial charge is 0.495 e. The average Bonchev–Trinajstić information content (AvgIpc) is 3.02. The summed E-state index contributed by atoms with van der Waals surface area (Å²) in [5.74, 6) is 0.281. The van der Waals surface area contributed by atoms with Crippen LogP contribution in [-0.4, -0.2) is 27.5 Å². The Bertz CT molecular complexity index is 614. The van der Waals surface area contributed by atoms with Gasteiger partial charge >= 0.3 is 0 Å². The Morgan fingerprint density at radius 3 is 2.58 bits per heavy atom. The van der Waals surface area contributed by atoms with E-state index in [1.807, 2.05) is 6.92 Å². The predicted octanol–water partition coefficient (Wildman–Crippen LogP) is 1.76. The van der Waals surface area contributed by atoms with Crippen molar-refractivity contribution in [2.45, 2.75) is 24.3 Å². The second-order valence-corrected chi connectivity index (χ2v) is 7.13. The van der Waals surface area contributed by atoms with Gasteiger partial charge in [0, 0.05) is 22.3 Å². The summed E-state index contributed by atoms with van der Waals surface area (Å²) in [6.45, 7) is 2.04. The molecule has 0 saturated heterocycles. The molecule has 0 radical (unpaired) electrons. The number of halogens is 1. The number of nitrogens with one attached hydrogen (secondary N) is 1. The molecule has 1 N–H and O–H groups in total. The van der Waals surface area contributed by atoms with E-state index in [0.717, 1.165) is 6.42 Å². The van der Waals surface area contributed by atoms with Crippen molar-refractivity contribution in [3.8, 4) is 5.75 Å². The first-order chi connectivity index (χ1) is 8.82. The van der Waals surface area contributed by atoms with Crippen LogP contribution in [0.3, 0.4) is 0 Å². The maximum absolute atomic E-state index is 11.9. The maximum atomic E-state index is 11.9. The number of ether oxygens (including phenoxy) is 1. The van der Waals surface area contributed by atoms with E-state index in [1.165, 1.54) is 25.3 Å². The number of amides is 1.